The molecule has 0 amide bonds. The molecule has 1 aliphatic rings. The average Bonchev–Trinajstić information content (AvgIpc) is 2.26. The van der Waals surface area contributed by atoms with Gasteiger partial charge in [0.1, 0.15) is 5.82 Å². The van der Waals surface area contributed by atoms with E-state index >= 15 is 0 Å². The van der Waals surface area contributed by atoms with Crippen molar-refractivity contribution in [1.82, 2.24) is 5.32 Å². The van der Waals surface area contributed by atoms with Crippen LogP contribution in [0.1, 0.15) is 25.8 Å². The van der Waals surface area contributed by atoms with Crippen molar-refractivity contribution in [3.05, 3.63) is 34.1 Å². The van der Waals surface area contributed by atoms with Gasteiger partial charge in [0, 0.05) is 28.0 Å². The van der Waals surface area contributed by atoms with Gasteiger partial charge < -0.3 is 10.4 Å². The minimum atomic E-state index is -0.255. The molecule has 1 saturated carbocycles. The molecule has 0 radical (unpaired) electrons. The van der Waals surface area contributed by atoms with Gasteiger partial charge in [-0.15, -0.1) is 0 Å². The van der Waals surface area contributed by atoms with Crippen LogP contribution < -0.4 is 5.32 Å². The van der Waals surface area contributed by atoms with E-state index in [4.69, 9.17) is 0 Å². The molecule has 94 valence electrons. The Morgan fingerprint density at radius 2 is 2.24 bits per heavy atom. The zero-order chi connectivity index (χ0) is 12.6. The predicted molar refractivity (Wildman–Crippen MR) is 69.1 cm³/mol. The molecule has 1 aromatic rings. The van der Waals surface area contributed by atoms with E-state index in [0.29, 0.717) is 12.1 Å². The normalized spacial score (nSPS) is 26.6. The lowest BCUT2D eigenvalue weighted by Gasteiger charge is -2.49. The van der Waals surface area contributed by atoms with Gasteiger partial charge in [-0.25, -0.2) is 4.39 Å². The van der Waals surface area contributed by atoms with Crippen LogP contribution in [0.2, 0.25) is 0 Å². The Balaban J connectivity index is 1.95. The first-order chi connectivity index (χ1) is 7.91. The number of benzene rings is 1. The Hall–Kier alpha value is -0.450. The van der Waals surface area contributed by atoms with Crippen molar-refractivity contribution in [3.8, 4) is 0 Å². The summed E-state index contributed by atoms with van der Waals surface area (Å²) in [4.78, 5) is 0. The Morgan fingerprint density at radius 1 is 1.53 bits per heavy atom. The average molecular weight is 302 g/mol. The molecule has 0 aliphatic heterocycles. The molecular formula is C13H17BrFNO. The van der Waals surface area contributed by atoms with Crippen LogP contribution in [0.25, 0.3) is 0 Å². The monoisotopic (exact) mass is 301 g/mol. The summed E-state index contributed by atoms with van der Waals surface area (Å²) in [6.45, 7) is 4.55. The summed E-state index contributed by atoms with van der Waals surface area (Å²) in [6, 6.07) is 5.33. The van der Waals surface area contributed by atoms with Crippen LogP contribution >= 0.6 is 15.9 Å². The molecule has 2 atom stereocenters. The fourth-order valence-corrected chi connectivity index (χ4v) is 2.48. The van der Waals surface area contributed by atoms with Gasteiger partial charge in [-0.3, -0.25) is 0 Å². The zero-order valence-electron chi connectivity index (χ0n) is 10.0. The van der Waals surface area contributed by atoms with Crippen LogP contribution in [0, 0.1) is 11.2 Å². The molecule has 2 rings (SSSR count). The molecular weight excluding hydrogens is 285 g/mol. The zero-order valence-corrected chi connectivity index (χ0v) is 11.6. The first-order valence-electron chi connectivity index (χ1n) is 5.76. The second kappa shape index (κ2) is 4.67. The summed E-state index contributed by atoms with van der Waals surface area (Å²) in [6.07, 6.45) is 0.486. The molecule has 0 saturated heterocycles. The molecule has 1 aliphatic carbocycles. The third kappa shape index (κ3) is 2.54. The van der Waals surface area contributed by atoms with Crippen LogP contribution in [0.15, 0.2) is 22.7 Å². The van der Waals surface area contributed by atoms with E-state index in [0.717, 1.165) is 10.9 Å². The number of nitrogens with one attached hydrogen (secondary N) is 1. The highest BCUT2D eigenvalue weighted by Gasteiger charge is 2.46. The van der Waals surface area contributed by atoms with E-state index in [-0.39, 0.29) is 23.4 Å². The van der Waals surface area contributed by atoms with E-state index < -0.39 is 0 Å². The van der Waals surface area contributed by atoms with Gasteiger partial charge in [-0.05, 0) is 18.6 Å². The van der Waals surface area contributed by atoms with E-state index in [1.54, 1.807) is 6.07 Å². The molecule has 17 heavy (non-hydrogen) atoms. The lowest BCUT2D eigenvalue weighted by molar-refractivity contribution is -0.0730. The SMILES string of the molecule is CC1(C)C(O)CC1NCc1ccc(Br)cc1F. The van der Waals surface area contributed by atoms with Crippen molar-refractivity contribution in [3.63, 3.8) is 0 Å². The van der Waals surface area contributed by atoms with Crippen molar-refractivity contribution >= 4 is 15.9 Å². The third-order valence-electron chi connectivity index (χ3n) is 3.77. The van der Waals surface area contributed by atoms with E-state index in [9.17, 15) is 9.50 Å². The second-order valence-corrected chi connectivity index (χ2v) is 6.16. The molecule has 1 fully saturated rings. The number of aliphatic hydroxyl groups excluding tert-OH is 1. The number of hydrogen-bond acceptors (Lipinski definition) is 2. The minimum Gasteiger partial charge on any atom is -0.392 e. The predicted octanol–water partition coefficient (Wildman–Crippen LogP) is 2.84. The van der Waals surface area contributed by atoms with E-state index in [2.05, 4.69) is 21.2 Å². The van der Waals surface area contributed by atoms with Crippen LogP contribution in [0.3, 0.4) is 0 Å². The van der Waals surface area contributed by atoms with Crippen molar-refractivity contribution in [2.75, 3.05) is 0 Å². The summed E-state index contributed by atoms with van der Waals surface area (Å²) in [5, 5.41) is 12.9. The molecule has 2 N–H and O–H groups in total. The summed E-state index contributed by atoms with van der Waals surface area (Å²) in [5.74, 6) is -0.204. The summed E-state index contributed by atoms with van der Waals surface area (Å²) in [7, 11) is 0. The smallest absolute Gasteiger partial charge is 0.128 e. The first-order valence-corrected chi connectivity index (χ1v) is 6.56. The van der Waals surface area contributed by atoms with Gasteiger partial charge in [0.25, 0.3) is 0 Å². The van der Waals surface area contributed by atoms with Crippen molar-refractivity contribution < 1.29 is 9.50 Å². The van der Waals surface area contributed by atoms with Gasteiger partial charge in [-0.1, -0.05) is 35.8 Å². The molecule has 0 bridgehead atoms. The fourth-order valence-electron chi connectivity index (χ4n) is 2.15. The largest absolute Gasteiger partial charge is 0.392 e. The highest BCUT2D eigenvalue weighted by molar-refractivity contribution is 9.10. The van der Waals surface area contributed by atoms with Crippen LogP contribution in [0.4, 0.5) is 4.39 Å². The second-order valence-electron chi connectivity index (χ2n) is 5.24. The number of hydrogen-bond donors (Lipinski definition) is 2. The number of halogens is 2. The van der Waals surface area contributed by atoms with Crippen LogP contribution in [0.5, 0.6) is 0 Å². The first kappa shape index (κ1) is 13.0. The Labute approximate surface area is 109 Å². The van der Waals surface area contributed by atoms with Gasteiger partial charge >= 0.3 is 0 Å². The maximum absolute atomic E-state index is 13.6. The van der Waals surface area contributed by atoms with Crippen molar-refractivity contribution in [2.24, 2.45) is 5.41 Å². The Morgan fingerprint density at radius 3 is 2.76 bits per heavy atom. The van der Waals surface area contributed by atoms with Gasteiger partial charge in [0.2, 0.25) is 0 Å². The van der Waals surface area contributed by atoms with Gasteiger partial charge in [0.15, 0.2) is 0 Å². The number of rotatable bonds is 3. The van der Waals surface area contributed by atoms with Gasteiger partial charge in [-0.2, -0.15) is 0 Å². The topological polar surface area (TPSA) is 32.3 Å². The van der Waals surface area contributed by atoms with E-state index in [1.165, 1.54) is 6.07 Å². The highest BCUT2D eigenvalue weighted by atomic mass is 79.9. The molecule has 4 heteroatoms. The standard InChI is InChI=1S/C13H17BrFNO/c1-13(2)11(6-12(13)17)16-7-8-3-4-9(14)5-10(8)15/h3-5,11-12,16-17H,6-7H2,1-2H3. The Kier molecular flexibility index (Phi) is 3.57. The third-order valence-corrected chi connectivity index (χ3v) is 4.26. The highest BCUT2D eigenvalue weighted by Crippen LogP contribution is 2.40. The van der Waals surface area contributed by atoms with Crippen LogP contribution in [-0.2, 0) is 6.54 Å². The lowest BCUT2D eigenvalue weighted by Crippen LogP contribution is -2.59. The molecule has 2 unspecified atom stereocenters. The molecule has 0 spiro atoms. The number of aliphatic hydroxyl groups is 1. The lowest BCUT2D eigenvalue weighted by atomic mass is 9.64. The Bertz CT molecular complexity index is 422. The van der Waals surface area contributed by atoms with Crippen molar-refractivity contribution in [2.45, 2.75) is 39.0 Å². The van der Waals surface area contributed by atoms with E-state index in [1.807, 2.05) is 19.9 Å². The fraction of sp³-hybridized carbons (Fsp3) is 0.538. The maximum Gasteiger partial charge on any atom is 0.128 e. The minimum absolute atomic E-state index is 0.119. The quantitative estimate of drug-likeness (QED) is 0.900. The maximum atomic E-state index is 13.6. The van der Waals surface area contributed by atoms with Crippen molar-refractivity contribution in [1.29, 1.82) is 0 Å². The molecule has 0 heterocycles. The van der Waals surface area contributed by atoms with Gasteiger partial charge in [0.05, 0.1) is 6.10 Å². The summed E-state index contributed by atoms with van der Waals surface area (Å²) < 4.78 is 14.3. The molecule has 2 nitrogen and oxygen atoms in total. The summed E-state index contributed by atoms with van der Waals surface area (Å²) in [5.41, 5.74) is 0.539. The molecule has 1 aromatic carbocycles. The van der Waals surface area contributed by atoms with Crippen LogP contribution in [-0.4, -0.2) is 17.3 Å². The molecule has 0 aromatic heterocycles. The summed E-state index contributed by atoms with van der Waals surface area (Å²) >= 11 is 3.23.